The average Bonchev–Trinajstić information content (AvgIpc) is 3.64. The van der Waals surface area contributed by atoms with Crippen LogP contribution in [0.1, 0.15) is 84.7 Å². The van der Waals surface area contributed by atoms with Crippen molar-refractivity contribution >= 4 is 32.9 Å². The van der Waals surface area contributed by atoms with E-state index in [1.54, 1.807) is 13.2 Å². The van der Waals surface area contributed by atoms with Crippen LogP contribution in [0.5, 0.6) is 5.75 Å². The van der Waals surface area contributed by atoms with Crippen molar-refractivity contribution in [3.8, 4) is 17.0 Å². The molecule has 0 spiro atoms. The van der Waals surface area contributed by atoms with Gasteiger partial charge in [0.25, 0.3) is 5.91 Å². The Morgan fingerprint density at radius 1 is 0.979 bits per heavy atom. The Labute approximate surface area is 277 Å². The molecule has 1 N–H and O–H groups in total. The summed E-state index contributed by atoms with van der Waals surface area (Å²) in [6, 6.07) is 12.4. The molecule has 0 radical (unpaired) electrons. The monoisotopic (exact) mass is 659 g/mol. The summed E-state index contributed by atoms with van der Waals surface area (Å²) < 4.78 is 36.4. The first kappa shape index (κ1) is 30.9. The number of amides is 2. The van der Waals surface area contributed by atoms with Crippen molar-refractivity contribution in [3.63, 3.8) is 0 Å². The first-order chi connectivity index (χ1) is 22.5. The van der Waals surface area contributed by atoms with Crippen molar-refractivity contribution in [2.24, 2.45) is 5.41 Å². The van der Waals surface area contributed by atoms with Gasteiger partial charge >= 0.3 is 10.2 Å². The van der Waals surface area contributed by atoms with Crippen LogP contribution in [0.2, 0.25) is 0 Å². The lowest BCUT2D eigenvalue weighted by Gasteiger charge is -2.41. The second kappa shape index (κ2) is 11.1. The van der Waals surface area contributed by atoms with Gasteiger partial charge < -0.3 is 19.1 Å². The quantitative estimate of drug-likeness (QED) is 0.412. The molecule has 10 nitrogen and oxygen atoms in total. The molecule has 4 fully saturated rings. The molecule has 8 rings (SSSR count). The Kier molecular flexibility index (Phi) is 7.27. The number of benzene rings is 2. The lowest BCUT2D eigenvalue weighted by Crippen LogP contribution is -2.57. The number of ether oxygens (including phenoxy) is 1. The van der Waals surface area contributed by atoms with Crippen LogP contribution in [0.15, 0.2) is 36.4 Å². The Morgan fingerprint density at radius 3 is 2.38 bits per heavy atom. The maximum absolute atomic E-state index is 15.0. The third-order valence-corrected chi connectivity index (χ3v) is 13.2. The summed E-state index contributed by atoms with van der Waals surface area (Å²) in [7, 11) is 2.67. The van der Waals surface area contributed by atoms with Gasteiger partial charge in [-0.05, 0) is 86.5 Å². The fourth-order valence-electron chi connectivity index (χ4n) is 9.39. The van der Waals surface area contributed by atoms with E-state index in [1.165, 1.54) is 44.5 Å². The number of likely N-dealkylation sites (tertiary alicyclic amines) is 1. The number of hydrogen-bond donors (Lipinski definition) is 1. The molecule has 5 aliphatic rings. The van der Waals surface area contributed by atoms with Gasteiger partial charge in [0.05, 0.1) is 18.2 Å². The predicted molar refractivity (Wildman–Crippen MR) is 181 cm³/mol. The summed E-state index contributed by atoms with van der Waals surface area (Å²) in [6.07, 6.45) is 8.64. The van der Waals surface area contributed by atoms with E-state index in [4.69, 9.17) is 4.74 Å². The normalized spacial score (nSPS) is 27.3. The lowest BCUT2D eigenvalue weighted by molar-refractivity contribution is -0.143. The molecule has 1 aromatic heterocycles. The first-order valence-corrected chi connectivity index (χ1v) is 18.6. The van der Waals surface area contributed by atoms with Crippen LogP contribution >= 0.6 is 0 Å². The largest absolute Gasteiger partial charge is 0.497 e. The lowest BCUT2D eigenvalue weighted by atomic mass is 9.81. The van der Waals surface area contributed by atoms with Crippen LogP contribution in [0.3, 0.4) is 0 Å². The van der Waals surface area contributed by atoms with Crippen molar-refractivity contribution in [1.82, 2.24) is 23.4 Å². The van der Waals surface area contributed by atoms with Gasteiger partial charge in [-0.25, -0.2) is 4.72 Å². The highest BCUT2D eigenvalue weighted by Gasteiger charge is 2.65. The molecule has 0 unspecified atom stereocenters. The number of nitrogens with one attached hydrogen (secondary N) is 1. The van der Waals surface area contributed by atoms with Gasteiger partial charge in [-0.2, -0.15) is 12.7 Å². The molecule has 4 heterocycles. The van der Waals surface area contributed by atoms with Crippen molar-refractivity contribution < 1.29 is 22.7 Å². The zero-order valence-electron chi connectivity index (χ0n) is 27.8. The fraction of sp³-hybridized carbons (Fsp3) is 0.556. The van der Waals surface area contributed by atoms with Gasteiger partial charge in [0, 0.05) is 73.8 Å². The third-order valence-electron chi connectivity index (χ3n) is 11.8. The number of hydrogen-bond acceptors (Lipinski definition) is 6. The SMILES string of the molecule is COc1ccc2c(c1)[C@@H]1C[C@]1(C(=O)N1[C@@H]3CC[C@H]1CN(C)C3)Cn1c-2c(C2CCCCC2)c2ccc(C(=O)NS(=O)(=O)N(C)C)cc21. The number of nitrogens with zero attached hydrogens (tertiary/aromatic N) is 4. The van der Waals surface area contributed by atoms with Crippen molar-refractivity contribution in [1.29, 1.82) is 0 Å². The number of rotatable bonds is 6. The van der Waals surface area contributed by atoms with Crippen LogP contribution < -0.4 is 9.46 Å². The number of piperazine rings is 1. The summed E-state index contributed by atoms with van der Waals surface area (Å²) in [5, 5.41) is 1.09. The molecule has 4 atom stereocenters. The maximum atomic E-state index is 15.0. The number of fused-ring (bicyclic) bond motifs is 9. The van der Waals surface area contributed by atoms with E-state index in [-0.39, 0.29) is 29.5 Å². The van der Waals surface area contributed by atoms with Crippen LogP contribution in [0.25, 0.3) is 22.2 Å². The van der Waals surface area contributed by atoms with Gasteiger partial charge in [0.1, 0.15) is 5.75 Å². The van der Waals surface area contributed by atoms with Crippen LogP contribution in [-0.2, 0) is 21.5 Å². The summed E-state index contributed by atoms with van der Waals surface area (Å²) in [4.78, 5) is 33.0. The minimum Gasteiger partial charge on any atom is -0.497 e. The Bertz CT molecular complexity index is 1880. The molecule has 250 valence electrons. The minimum atomic E-state index is -3.96. The predicted octanol–water partition coefficient (Wildman–Crippen LogP) is 4.69. The number of methoxy groups -OCH3 is 1. The van der Waals surface area contributed by atoms with E-state index in [9.17, 15) is 18.0 Å². The summed E-state index contributed by atoms with van der Waals surface area (Å²) in [5.41, 5.74) is 5.33. The van der Waals surface area contributed by atoms with Gasteiger partial charge in [0.15, 0.2) is 0 Å². The molecule has 3 aromatic rings. The first-order valence-electron chi connectivity index (χ1n) is 17.1. The molecule has 2 aliphatic carbocycles. The molecule has 3 aliphatic heterocycles. The molecular weight excluding hydrogens is 614 g/mol. The molecule has 2 amide bonds. The van der Waals surface area contributed by atoms with Gasteiger partial charge in [-0.1, -0.05) is 25.3 Å². The number of carbonyl (C=O) groups excluding carboxylic acids is 2. The van der Waals surface area contributed by atoms with Gasteiger partial charge in [-0.3, -0.25) is 9.59 Å². The highest BCUT2D eigenvalue weighted by atomic mass is 32.2. The molecule has 47 heavy (non-hydrogen) atoms. The molecule has 2 bridgehead atoms. The minimum absolute atomic E-state index is 0.0741. The maximum Gasteiger partial charge on any atom is 0.303 e. The summed E-state index contributed by atoms with van der Waals surface area (Å²) >= 11 is 0. The number of aromatic nitrogens is 1. The van der Waals surface area contributed by atoms with E-state index in [0.717, 1.165) is 77.4 Å². The van der Waals surface area contributed by atoms with E-state index in [2.05, 4.69) is 38.3 Å². The van der Waals surface area contributed by atoms with E-state index < -0.39 is 21.5 Å². The topological polar surface area (TPSA) is 104 Å². The van der Waals surface area contributed by atoms with Crippen molar-refractivity contribution in [3.05, 3.63) is 53.1 Å². The van der Waals surface area contributed by atoms with Gasteiger partial charge in [0.2, 0.25) is 5.91 Å². The number of carbonyl (C=O) groups is 2. The summed E-state index contributed by atoms with van der Waals surface area (Å²) in [6.45, 7) is 2.34. The zero-order valence-corrected chi connectivity index (χ0v) is 28.6. The molecule has 11 heteroatoms. The summed E-state index contributed by atoms with van der Waals surface area (Å²) in [5.74, 6) is 0.822. The van der Waals surface area contributed by atoms with E-state index in [0.29, 0.717) is 12.5 Å². The molecule has 2 aromatic carbocycles. The molecular formula is C36H45N5O5S. The highest BCUT2D eigenvalue weighted by Crippen LogP contribution is 2.66. The second-order valence-electron chi connectivity index (χ2n) is 14.8. The van der Waals surface area contributed by atoms with Crippen molar-refractivity contribution in [2.45, 2.75) is 81.8 Å². The Hall–Kier alpha value is -3.41. The van der Waals surface area contributed by atoms with Crippen LogP contribution in [0.4, 0.5) is 0 Å². The standard InChI is InChI=1S/C36H45N5O5S/c1-38(2)47(44,45)37-34(42)23-10-14-28-31(16-23)40-21-36(35(43)41-24-11-12-25(41)20-39(3)19-24)18-30(36)29-17-26(46-4)13-15-27(29)33(40)32(28)22-8-6-5-7-9-22/h10,13-17,22,24-25,30H,5-9,11-12,18-21H2,1-4H3,(H,37,42)/t24-,25+,30-,36-/m0/s1. The number of likely N-dealkylation sites (N-methyl/N-ethyl adjacent to an activating group) is 1. The molecule has 2 saturated heterocycles. The highest BCUT2D eigenvalue weighted by molar-refractivity contribution is 7.87. The smallest absolute Gasteiger partial charge is 0.303 e. The third kappa shape index (κ3) is 4.83. The molecule has 2 saturated carbocycles. The van der Waals surface area contributed by atoms with Crippen LogP contribution in [-0.4, -0.2) is 92.3 Å². The zero-order chi connectivity index (χ0) is 32.8. The van der Waals surface area contributed by atoms with Crippen molar-refractivity contribution in [2.75, 3.05) is 41.3 Å². The van der Waals surface area contributed by atoms with Crippen LogP contribution in [0, 0.1) is 5.41 Å². The Morgan fingerprint density at radius 2 is 1.70 bits per heavy atom. The average molecular weight is 660 g/mol. The fourth-order valence-corrected chi connectivity index (χ4v) is 9.93. The second-order valence-corrected chi connectivity index (χ2v) is 16.7. The van der Waals surface area contributed by atoms with E-state index in [1.807, 2.05) is 18.2 Å². The van der Waals surface area contributed by atoms with Gasteiger partial charge in [-0.15, -0.1) is 0 Å². The Balaban J connectivity index is 1.32. The van der Waals surface area contributed by atoms with E-state index >= 15 is 0 Å².